The number of thioether (sulfide) groups is 1. The summed E-state index contributed by atoms with van der Waals surface area (Å²) in [7, 11) is 0. The molecule has 0 aromatic rings. The molecule has 0 spiro atoms. The summed E-state index contributed by atoms with van der Waals surface area (Å²) in [5, 5.41) is 11.6. The average Bonchev–Trinajstić information content (AvgIpc) is 2.06. The molecule has 0 radical (unpaired) electrons. The SMILES string of the molecule is C[C@@H]1C[C@H](O)[C@H]2C=C(Cl)C=C[C@@H]2S1. The maximum absolute atomic E-state index is 9.84. The number of aliphatic hydroxyl groups is 1. The van der Waals surface area contributed by atoms with Crippen molar-refractivity contribution >= 4 is 23.4 Å². The third-order valence-corrected chi connectivity index (χ3v) is 4.28. The molecule has 1 heterocycles. The molecule has 1 nitrogen and oxygen atoms in total. The van der Waals surface area contributed by atoms with Crippen LogP contribution in [0.1, 0.15) is 13.3 Å². The van der Waals surface area contributed by atoms with Crippen molar-refractivity contribution in [1.29, 1.82) is 0 Å². The Balaban J connectivity index is 2.17. The van der Waals surface area contributed by atoms with Gasteiger partial charge < -0.3 is 5.11 Å². The number of rotatable bonds is 0. The quantitative estimate of drug-likeness (QED) is 0.672. The molecule has 0 bridgehead atoms. The highest BCUT2D eigenvalue weighted by Gasteiger charge is 2.34. The summed E-state index contributed by atoms with van der Waals surface area (Å²) in [6, 6.07) is 0. The van der Waals surface area contributed by atoms with Gasteiger partial charge in [-0.05, 0) is 12.5 Å². The van der Waals surface area contributed by atoms with Gasteiger partial charge in [-0.15, -0.1) is 0 Å². The molecular formula is C10H13ClOS. The first-order valence-electron chi connectivity index (χ1n) is 4.56. The predicted octanol–water partition coefficient (Wildman–Crippen LogP) is 2.55. The zero-order valence-electron chi connectivity index (χ0n) is 7.48. The van der Waals surface area contributed by atoms with E-state index in [9.17, 15) is 5.11 Å². The monoisotopic (exact) mass is 216 g/mol. The van der Waals surface area contributed by atoms with Gasteiger partial charge in [-0.3, -0.25) is 0 Å². The molecule has 3 heteroatoms. The molecule has 0 aromatic carbocycles. The van der Waals surface area contributed by atoms with Crippen molar-refractivity contribution in [1.82, 2.24) is 0 Å². The summed E-state index contributed by atoms with van der Waals surface area (Å²) in [6.45, 7) is 2.16. The Morgan fingerprint density at radius 2 is 2.38 bits per heavy atom. The van der Waals surface area contributed by atoms with Crippen LogP contribution in [0.5, 0.6) is 0 Å². The van der Waals surface area contributed by atoms with Crippen molar-refractivity contribution in [3.63, 3.8) is 0 Å². The molecule has 0 unspecified atom stereocenters. The van der Waals surface area contributed by atoms with Gasteiger partial charge in [0.05, 0.1) is 6.10 Å². The van der Waals surface area contributed by atoms with Crippen molar-refractivity contribution in [2.24, 2.45) is 5.92 Å². The first kappa shape index (κ1) is 9.63. The number of halogens is 1. The summed E-state index contributed by atoms with van der Waals surface area (Å²) < 4.78 is 0. The molecule has 0 amide bonds. The predicted molar refractivity (Wildman–Crippen MR) is 58.0 cm³/mol. The highest BCUT2D eigenvalue weighted by atomic mass is 35.5. The lowest BCUT2D eigenvalue weighted by Gasteiger charge is -2.36. The zero-order chi connectivity index (χ0) is 9.42. The molecule has 72 valence electrons. The van der Waals surface area contributed by atoms with E-state index in [0.29, 0.717) is 10.5 Å². The molecule has 0 aromatic heterocycles. The van der Waals surface area contributed by atoms with E-state index in [0.717, 1.165) is 11.5 Å². The lowest BCUT2D eigenvalue weighted by Crippen LogP contribution is -2.36. The van der Waals surface area contributed by atoms with Gasteiger partial charge in [0.25, 0.3) is 0 Å². The standard InChI is InChI=1S/C10H13ClOS/c1-6-4-9(12)8-5-7(11)2-3-10(8)13-6/h2-3,5-6,8-10,12H,4H2,1H3/t6-,8-,9+,10+/m1/s1. The minimum atomic E-state index is -0.222. The highest BCUT2D eigenvalue weighted by molar-refractivity contribution is 8.00. The Bertz CT molecular complexity index is 262. The lowest BCUT2D eigenvalue weighted by molar-refractivity contribution is 0.118. The minimum Gasteiger partial charge on any atom is -0.392 e. The van der Waals surface area contributed by atoms with Crippen LogP contribution in [0.4, 0.5) is 0 Å². The Hall–Kier alpha value is 0.0800. The van der Waals surface area contributed by atoms with Gasteiger partial charge in [0.1, 0.15) is 0 Å². The second-order valence-electron chi connectivity index (χ2n) is 3.70. The van der Waals surface area contributed by atoms with E-state index in [1.54, 1.807) is 0 Å². The zero-order valence-corrected chi connectivity index (χ0v) is 9.05. The lowest BCUT2D eigenvalue weighted by atomic mass is 9.91. The summed E-state index contributed by atoms with van der Waals surface area (Å²) in [4.78, 5) is 0. The number of hydrogen-bond acceptors (Lipinski definition) is 2. The van der Waals surface area contributed by atoms with Crippen molar-refractivity contribution < 1.29 is 5.11 Å². The molecular weight excluding hydrogens is 204 g/mol. The molecule has 2 rings (SSSR count). The van der Waals surface area contributed by atoms with Crippen molar-refractivity contribution in [3.8, 4) is 0 Å². The van der Waals surface area contributed by atoms with Gasteiger partial charge in [-0.25, -0.2) is 0 Å². The molecule has 1 aliphatic carbocycles. The Labute approximate surface area is 87.9 Å². The summed E-state index contributed by atoms with van der Waals surface area (Å²) in [5.74, 6) is 0.221. The third-order valence-electron chi connectivity index (χ3n) is 2.58. The number of aliphatic hydroxyl groups excluding tert-OH is 1. The smallest absolute Gasteiger partial charge is 0.0627 e. The fourth-order valence-corrected chi connectivity index (χ4v) is 3.61. The second-order valence-corrected chi connectivity index (χ2v) is 5.76. The molecule has 1 fully saturated rings. The maximum Gasteiger partial charge on any atom is 0.0627 e. The molecule has 1 aliphatic heterocycles. The topological polar surface area (TPSA) is 20.2 Å². The molecule has 2 aliphatic rings. The van der Waals surface area contributed by atoms with Gasteiger partial charge in [-0.2, -0.15) is 11.8 Å². The molecule has 13 heavy (non-hydrogen) atoms. The molecule has 1 saturated heterocycles. The Kier molecular flexibility index (Phi) is 2.72. The van der Waals surface area contributed by atoms with Crippen LogP contribution in [0.2, 0.25) is 0 Å². The van der Waals surface area contributed by atoms with Crippen LogP contribution in [0, 0.1) is 5.92 Å². The number of fused-ring (bicyclic) bond motifs is 1. The van der Waals surface area contributed by atoms with Crippen LogP contribution in [-0.2, 0) is 0 Å². The maximum atomic E-state index is 9.84. The normalized spacial score (nSPS) is 44.1. The van der Waals surface area contributed by atoms with Gasteiger partial charge in [0.15, 0.2) is 0 Å². The fraction of sp³-hybridized carbons (Fsp3) is 0.600. The van der Waals surface area contributed by atoms with E-state index in [-0.39, 0.29) is 12.0 Å². The fourth-order valence-electron chi connectivity index (χ4n) is 1.94. The highest BCUT2D eigenvalue weighted by Crippen LogP contribution is 2.40. The van der Waals surface area contributed by atoms with E-state index >= 15 is 0 Å². The summed E-state index contributed by atoms with van der Waals surface area (Å²) in [6.07, 6.45) is 6.67. The van der Waals surface area contributed by atoms with Crippen molar-refractivity contribution in [3.05, 3.63) is 23.3 Å². The molecule has 1 N–H and O–H groups in total. The van der Waals surface area contributed by atoms with Crippen LogP contribution < -0.4 is 0 Å². The molecule has 4 atom stereocenters. The van der Waals surface area contributed by atoms with Gasteiger partial charge in [-0.1, -0.05) is 30.7 Å². The largest absolute Gasteiger partial charge is 0.392 e. The third kappa shape index (κ3) is 1.95. The minimum absolute atomic E-state index is 0.221. The van der Waals surface area contributed by atoms with Gasteiger partial charge >= 0.3 is 0 Å². The van der Waals surface area contributed by atoms with E-state index in [1.165, 1.54) is 0 Å². The first-order chi connectivity index (χ1) is 6.16. The van der Waals surface area contributed by atoms with E-state index < -0.39 is 0 Å². The van der Waals surface area contributed by atoms with Gasteiger partial charge in [0.2, 0.25) is 0 Å². The van der Waals surface area contributed by atoms with Crippen molar-refractivity contribution in [2.75, 3.05) is 0 Å². The van der Waals surface area contributed by atoms with Crippen LogP contribution in [0.3, 0.4) is 0 Å². The van der Waals surface area contributed by atoms with Crippen LogP contribution in [0.25, 0.3) is 0 Å². The average molecular weight is 217 g/mol. The number of hydrogen-bond donors (Lipinski definition) is 1. The van der Waals surface area contributed by atoms with E-state index in [4.69, 9.17) is 11.6 Å². The second kappa shape index (κ2) is 3.68. The van der Waals surface area contributed by atoms with Crippen LogP contribution in [-0.4, -0.2) is 21.7 Å². The van der Waals surface area contributed by atoms with E-state index in [2.05, 4.69) is 13.0 Å². The van der Waals surface area contributed by atoms with Crippen LogP contribution >= 0.6 is 23.4 Å². The Morgan fingerprint density at radius 3 is 3.15 bits per heavy atom. The Morgan fingerprint density at radius 1 is 1.62 bits per heavy atom. The van der Waals surface area contributed by atoms with Crippen molar-refractivity contribution in [2.45, 2.75) is 29.9 Å². The number of allylic oxidation sites excluding steroid dienone is 2. The van der Waals surface area contributed by atoms with E-state index in [1.807, 2.05) is 23.9 Å². The first-order valence-corrected chi connectivity index (χ1v) is 5.88. The molecule has 0 saturated carbocycles. The van der Waals surface area contributed by atoms with Crippen LogP contribution in [0.15, 0.2) is 23.3 Å². The van der Waals surface area contributed by atoms with Gasteiger partial charge in [0, 0.05) is 21.5 Å². The summed E-state index contributed by atoms with van der Waals surface area (Å²) >= 11 is 7.82. The summed E-state index contributed by atoms with van der Waals surface area (Å²) in [5.41, 5.74) is 0.